The predicted molar refractivity (Wildman–Crippen MR) is 54.2 cm³/mol. The summed E-state index contributed by atoms with van der Waals surface area (Å²) in [5.74, 6) is 2.72. The molecule has 0 aromatic carbocycles. The Morgan fingerprint density at radius 2 is 2.08 bits per heavy atom. The molecule has 0 spiro atoms. The van der Waals surface area contributed by atoms with Gasteiger partial charge in [-0.05, 0) is 37.3 Å². The van der Waals surface area contributed by atoms with E-state index in [4.69, 9.17) is 0 Å². The first kappa shape index (κ1) is 10.0. The monoisotopic (exact) mass is 169 g/mol. The largest absolute Gasteiger partial charge is 0.303 e. The molecule has 1 rings (SSSR count). The van der Waals surface area contributed by atoms with Crippen LogP contribution in [0.3, 0.4) is 0 Å². The van der Waals surface area contributed by atoms with Crippen LogP contribution < -0.4 is 0 Å². The first-order valence-electron chi connectivity index (χ1n) is 5.37. The zero-order valence-electron chi connectivity index (χ0n) is 9.01. The molecule has 0 amide bonds. The molecule has 0 aromatic heterocycles. The number of hydrogen-bond donors (Lipinski definition) is 0. The third-order valence-corrected chi connectivity index (χ3v) is 3.40. The van der Waals surface area contributed by atoms with Crippen molar-refractivity contribution in [3.8, 4) is 0 Å². The SMILES string of the molecule is CCN1CCC(C)C(C(C)C)C1. The van der Waals surface area contributed by atoms with E-state index in [0.29, 0.717) is 0 Å². The normalized spacial score (nSPS) is 32.8. The van der Waals surface area contributed by atoms with Gasteiger partial charge in [0.25, 0.3) is 0 Å². The molecule has 1 heteroatoms. The fraction of sp³-hybridized carbons (Fsp3) is 1.00. The van der Waals surface area contributed by atoms with E-state index < -0.39 is 0 Å². The van der Waals surface area contributed by atoms with Gasteiger partial charge in [-0.3, -0.25) is 0 Å². The van der Waals surface area contributed by atoms with Gasteiger partial charge in [0.05, 0.1) is 0 Å². The Kier molecular flexibility index (Phi) is 3.57. The molecule has 1 heterocycles. The molecule has 2 unspecified atom stereocenters. The minimum atomic E-state index is 0.856. The van der Waals surface area contributed by atoms with E-state index in [0.717, 1.165) is 17.8 Å². The van der Waals surface area contributed by atoms with Crippen LogP contribution in [0.15, 0.2) is 0 Å². The molecule has 0 aromatic rings. The van der Waals surface area contributed by atoms with Crippen molar-refractivity contribution in [3.05, 3.63) is 0 Å². The van der Waals surface area contributed by atoms with E-state index >= 15 is 0 Å². The Hall–Kier alpha value is -0.0400. The minimum absolute atomic E-state index is 0.856. The van der Waals surface area contributed by atoms with E-state index in [1.54, 1.807) is 0 Å². The van der Waals surface area contributed by atoms with Gasteiger partial charge in [0.1, 0.15) is 0 Å². The molecule has 0 aliphatic carbocycles. The Morgan fingerprint density at radius 1 is 1.42 bits per heavy atom. The van der Waals surface area contributed by atoms with Crippen LogP contribution in [0.2, 0.25) is 0 Å². The molecule has 1 aliphatic rings. The molecule has 0 bridgehead atoms. The summed E-state index contributed by atoms with van der Waals surface area (Å²) < 4.78 is 0. The molecule has 1 saturated heterocycles. The fourth-order valence-corrected chi connectivity index (χ4v) is 2.32. The molecule has 1 nitrogen and oxygen atoms in total. The van der Waals surface area contributed by atoms with Gasteiger partial charge in [0.2, 0.25) is 0 Å². The predicted octanol–water partition coefficient (Wildman–Crippen LogP) is 2.62. The summed E-state index contributed by atoms with van der Waals surface area (Å²) in [4.78, 5) is 2.59. The average Bonchev–Trinajstić information content (AvgIpc) is 2.05. The number of nitrogens with zero attached hydrogens (tertiary/aromatic N) is 1. The van der Waals surface area contributed by atoms with E-state index in [1.807, 2.05) is 0 Å². The van der Waals surface area contributed by atoms with Crippen LogP contribution in [-0.4, -0.2) is 24.5 Å². The molecule has 72 valence electrons. The first-order chi connectivity index (χ1) is 5.65. The summed E-state index contributed by atoms with van der Waals surface area (Å²) >= 11 is 0. The van der Waals surface area contributed by atoms with Crippen molar-refractivity contribution in [1.82, 2.24) is 4.90 Å². The Labute approximate surface area is 77.1 Å². The summed E-state index contributed by atoms with van der Waals surface area (Å²) in [6, 6.07) is 0. The van der Waals surface area contributed by atoms with Crippen LogP contribution in [0.1, 0.15) is 34.1 Å². The molecule has 1 aliphatic heterocycles. The quantitative estimate of drug-likeness (QED) is 0.614. The second-order valence-electron chi connectivity index (χ2n) is 4.57. The summed E-state index contributed by atoms with van der Waals surface area (Å²) in [6.45, 7) is 13.3. The van der Waals surface area contributed by atoms with Gasteiger partial charge >= 0.3 is 0 Å². The summed E-state index contributed by atoms with van der Waals surface area (Å²) in [5, 5.41) is 0. The Bertz CT molecular complexity index is 131. The van der Waals surface area contributed by atoms with Crippen LogP contribution in [0.25, 0.3) is 0 Å². The van der Waals surface area contributed by atoms with Gasteiger partial charge in [-0.1, -0.05) is 27.7 Å². The molecule has 1 fully saturated rings. The molecule has 0 N–H and O–H groups in total. The third-order valence-electron chi connectivity index (χ3n) is 3.40. The van der Waals surface area contributed by atoms with Crippen molar-refractivity contribution in [2.75, 3.05) is 19.6 Å². The number of likely N-dealkylation sites (tertiary alicyclic amines) is 1. The minimum Gasteiger partial charge on any atom is -0.303 e. The van der Waals surface area contributed by atoms with Crippen molar-refractivity contribution in [3.63, 3.8) is 0 Å². The van der Waals surface area contributed by atoms with E-state index in [2.05, 4.69) is 32.6 Å². The summed E-state index contributed by atoms with van der Waals surface area (Å²) in [6.07, 6.45) is 1.40. The highest BCUT2D eigenvalue weighted by atomic mass is 15.1. The van der Waals surface area contributed by atoms with Gasteiger partial charge in [-0.2, -0.15) is 0 Å². The highest BCUT2D eigenvalue weighted by molar-refractivity contribution is 4.79. The molecular weight excluding hydrogens is 146 g/mol. The van der Waals surface area contributed by atoms with Crippen LogP contribution in [0.4, 0.5) is 0 Å². The van der Waals surface area contributed by atoms with Crippen LogP contribution in [0, 0.1) is 17.8 Å². The molecule has 0 radical (unpaired) electrons. The van der Waals surface area contributed by atoms with Crippen molar-refractivity contribution in [1.29, 1.82) is 0 Å². The molecular formula is C11H23N. The zero-order chi connectivity index (χ0) is 9.14. The van der Waals surface area contributed by atoms with Crippen molar-refractivity contribution in [2.45, 2.75) is 34.1 Å². The standard InChI is InChI=1S/C11H23N/c1-5-12-7-6-10(4)11(8-12)9(2)3/h9-11H,5-8H2,1-4H3. The smallest absolute Gasteiger partial charge is 0.00145 e. The molecule has 0 saturated carbocycles. The lowest BCUT2D eigenvalue weighted by Gasteiger charge is -2.38. The fourth-order valence-electron chi connectivity index (χ4n) is 2.32. The second-order valence-corrected chi connectivity index (χ2v) is 4.57. The highest BCUT2D eigenvalue weighted by Crippen LogP contribution is 2.28. The van der Waals surface area contributed by atoms with Gasteiger partial charge in [0, 0.05) is 6.54 Å². The second kappa shape index (κ2) is 4.27. The van der Waals surface area contributed by atoms with Gasteiger partial charge in [-0.25, -0.2) is 0 Å². The van der Waals surface area contributed by atoms with Gasteiger partial charge < -0.3 is 4.90 Å². The van der Waals surface area contributed by atoms with Crippen LogP contribution in [-0.2, 0) is 0 Å². The average molecular weight is 169 g/mol. The summed E-state index contributed by atoms with van der Waals surface area (Å²) in [5.41, 5.74) is 0. The lowest BCUT2D eigenvalue weighted by Crippen LogP contribution is -2.41. The highest BCUT2D eigenvalue weighted by Gasteiger charge is 2.27. The summed E-state index contributed by atoms with van der Waals surface area (Å²) in [7, 11) is 0. The maximum Gasteiger partial charge on any atom is 0.00145 e. The van der Waals surface area contributed by atoms with Gasteiger partial charge in [-0.15, -0.1) is 0 Å². The number of rotatable bonds is 2. The maximum atomic E-state index is 2.59. The lowest BCUT2D eigenvalue weighted by molar-refractivity contribution is 0.102. The van der Waals surface area contributed by atoms with Crippen LogP contribution in [0.5, 0.6) is 0 Å². The van der Waals surface area contributed by atoms with Gasteiger partial charge in [0.15, 0.2) is 0 Å². The maximum absolute atomic E-state index is 2.59. The number of hydrogen-bond acceptors (Lipinski definition) is 1. The van der Waals surface area contributed by atoms with E-state index in [9.17, 15) is 0 Å². The third kappa shape index (κ3) is 2.22. The molecule has 12 heavy (non-hydrogen) atoms. The van der Waals surface area contributed by atoms with Crippen molar-refractivity contribution in [2.24, 2.45) is 17.8 Å². The lowest BCUT2D eigenvalue weighted by atomic mass is 9.80. The topological polar surface area (TPSA) is 3.24 Å². The van der Waals surface area contributed by atoms with Crippen molar-refractivity contribution >= 4 is 0 Å². The Morgan fingerprint density at radius 3 is 2.58 bits per heavy atom. The van der Waals surface area contributed by atoms with Crippen LogP contribution >= 0.6 is 0 Å². The van der Waals surface area contributed by atoms with E-state index in [-0.39, 0.29) is 0 Å². The van der Waals surface area contributed by atoms with Crippen molar-refractivity contribution < 1.29 is 0 Å². The zero-order valence-corrected chi connectivity index (χ0v) is 9.01. The Balaban J connectivity index is 2.47. The molecule has 2 atom stereocenters. The number of piperidine rings is 1. The first-order valence-corrected chi connectivity index (χ1v) is 5.37. The van der Waals surface area contributed by atoms with E-state index in [1.165, 1.54) is 26.1 Å².